The summed E-state index contributed by atoms with van der Waals surface area (Å²) in [6.45, 7) is 1.92. The normalized spacial score (nSPS) is 17.5. The standard InChI is InChI=1S/C19H19N3OS/c1-13-16(18(23)20-15-11-7-4-8-12-15)17(21-19(24)22(13)2)14-9-5-3-6-10-14/h3-12,17H,1-2H3,(H,20,23)(H,21,24)/t17-/m1/s1. The molecule has 2 aromatic rings. The number of thiocarbonyl (C=S) groups is 1. The number of nitrogens with zero attached hydrogens (tertiary/aromatic N) is 1. The van der Waals surface area contributed by atoms with Gasteiger partial charge in [0, 0.05) is 18.4 Å². The van der Waals surface area contributed by atoms with Gasteiger partial charge in [0.2, 0.25) is 0 Å². The first-order chi connectivity index (χ1) is 11.6. The maximum atomic E-state index is 12.9. The van der Waals surface area contributed by atoms with Crippen LogP contribution in [0.25, 0.3) is 0 Å². The van der Waals surface area contributed by atoms with E-state index in [0.29, 0.717) is 10.7 Å². The van der Waals surface area contributed by atoms with Gasteiger partial charge in [-0.15, -0.1) is 0 Å². The lowest BCUT2D eigenvalue weighted by Crippen LogP contribution is -2.46. The maximum absolute atomic E-state index is 12.9. The number of benzene rings is 2. The van der Waals surface area contributed by atoms with Crippen molar-refractivity contribution in [2.75, 3.05) is 12.4 Å². The molecule has 5 heteroatoms. The lowest BCUT2D eigenvalue weighted by Gasteiger charge is -2.35. The van der Waals surface area contributed by atoms with Crippen molar-refractivity contribution < 1.29 is 4.79 Å². The molecule has 0 saturated carbocycles. The van der Waals surface area contributed by atoms with Crippen molar-refractivity contribution >= 4 is 28.9 Å². The average Bonchev–Trinajstić information content (AvgIpc) is 2.61. The number of rotatable bonds is 3. The first kappa shape index (κ1) is 16.2. The van der Waals surface area contributed by atoms with Gasteiger partial charge in [0.15, 0.2) is 5.11 Å². The monoisotopic (exact) mass is 337 g/mol. The van der Waals surface area contributed by atoms with Gasteiger partial charge in [0.25, 0.3) is 5.91 Å². The van der Waals surface area contributed by atoms with Crippen LogP contribution >= 0.6 is 12.2 Å². The van der Waals surface area contributed by atoms with E-state index in [0.717, 1.165) is 16.9 Å². The fourth-order valence-electron chi connectivity index (χ4n) is 2.75. The summed E-state index contributed by atoms with van der Waals surface area (Å²) in [5.74, 6) is -0.130. The van der Waals surface area contributed by atoms with Crippen LogP contribution in [0.5, 0.6) is 0 Å². The fourth-order valence-corrected chi connectivity index (χ4v) is 3.00. The first-order valence-electron chi connectivity index (χ1n) is 7.74. The molecule has 1 aliphatic heterocycles. The van der Waals surface area contributed by atoms with Crippen molar-refractivity contribution in [3.63, 3.8) is 0 Å². The van der Waals surface area contributed by atoms with E-state index in [-0.39, 0.29) is 11.9 Å². The minimum Gasteiger partial charge on any atom is -0.351 e. The van der Waals surface area contributed by atoms with Gasteiger partial charge in [0.1, 0.15) is 0 Å². The minimum atomic E-state index is -0.265. The Hall–Kier alpha value is -2.66. The highest BCUT2D eigenvalue weighted by Gasteiger charge is 2.32. The second-order valence-corrected chi connectivity index (χ2v) is 6.06. The second kappa shape index (κ2) is 6.84. The van der Waals surface area contributed by atoms with Gasteiger partial charge in [0.05, 0.1) is 11.6 Å². The van der Waals surface area contributed by atoms with Gasteiger partial charge in [-0.1, -0.05) is 48.5 Å². The zero-order valence-electron chi connectivity index (χ0n) is 13.6. The predicted molar refractivity (Wildman–Crippen MR) is 100 cm³/mol. The van der Waals surface area contributed by atoms with E-state index in [9.17, 15) is 4.79 Å². The summed E-state index contributed by atoms with van der Waals surface area (Å²) in [4.78, 5) is 14.8. The summed E-state index contributed by atoms with van der Waals surface area (Å²) in [5, 5.41) is 6.85. The number of para-hydroxylation sites is 1. The van der Waals surface area contributed by atoms with Crippen LogP contribution in [0, 0.1) is 0 Å². The van der Waals surface area contributed by atoms with E-state index in [1.165, 1.54) is 0 Å². The SMILES string of the molecule is CC1=C(C(=O)Nc2ccccc2)[C@@H](c2ccccc2)NC(=S)N1C. The molecule has 2 aromatic carbocycles. The van der Waals surface area contributed by atoms with Crippen LogP contribution in [0.2, 0.25) is 0 Å². The van der Waals surface area contributed by atoms with Crippen LogP contribution in [0.15, 0.2) is 71.9 Å². The molecule has 0 spiro atoms. The summed E-state index contributed by atoms with van der Waals surface area (Å²) < 4.78 is 0. The molecule has 1 atom stereocenters. The van der Waals surface area contributed by atoms with Gasteiger partial charge in [-0.05, 0) is 36.8 Å². The van der Waals surface area contributed by atoms with Crippen LogP contribution in [-0.4, -0.2) is 23.0 Å². The predicted octanol–water partition coefficient (Wildman–Crippen LogP) is 3.46. The number of allylic oxidation sites excluding steroid dienone is 1. The van der Waals surface area contributed by atoms with Gasteiger partial charge >= 0.3 is 0 Å². The molecule has 1 heterocycles. The van der Waals surface area contributed by atoms with Crippen molar-refractivity contribution in [3.05, 3.63) is 77.5 Å². The molecule has 0 fully saturated rings. The van der Waals surface area contributed by atoms with E-state index < -0.39 is 0 Å². The Morgan fingerprint density at radius 3 is 2.29 bits per heavy atom. The van der Waals surface area contributed by atoms with Crippen LogP contribution in [0.1, 0.15) is 18.5 Å². The van der Waals surface area contributed by atoms with Crippen molar-refractivity contribution in [2.24, 2.45) is 0 Å². The van der Waals surface area contributed by atoms with Crippen LogP contribution in [-0.2, 0) is 4.79 Å². The molecule has 0 bridgehead atoms. The van der Waals surface area contributed by atoms with Crippen LogP contribution < -0.4 is 10.6 Å². The van der Waals surface area contributed by atoms with Crippen LogP contribution in [0.3, 0.4) is 0 Å². The number of carbonyl (C=O) groups excluding carboxylic acids is 1. The number of nitrogens with one attached hydrogen (secondary N) is 2. The van der Waals surface area contributed by atoms with Gasteiger partial charge < -0.3 is 15.5 Å². The zero-order chi connectivity index (χ0) is 17.1. The molecule has 24 heavy (non-hydrogen) atoms. The lowest BCUT2D eigenvalue weighted by atomic mass is 9.94. The highest BCUT2D eigenvalue weighted by molar-refractivity contribution is 7.80. The Balaban J connectivity index is 1.99. The minimum absolute atomic E-state index is 0.130. The Morgan fingerprint density at radius 2 is 1.67 bits per heavy atom. The Labute approximate surface area is 147 Å². The van der Waals surface area contributed by atoms with E-state index >= 15 is 0 Å². The van der Waals surface area contributed by atoms with Crippen molar-refractivity contribution in [2.45, 2.75) is 13.0 Å². The molecule has 1 amide bonds. The fraction of sp³-hybridized carbons (Fsp3) is 0.158. The number of carbonyl (C=O) groups is 1. The maximum Gasteiger partial charge on any atom is 0.255 e. The third kappa shape index (κ3) is 3.16. The molecular formula is C19H19N3OS. The van der Waals surface area contributed by atoms with Crippen LogP contribution in [0.4, 0.5) is 5.69 Å². The van der Waals surface area contributed by atoms with E-state index in [2.05, 4.69) is 10.6 Å². The molecule has 0 aliphatic carbocycles. The smallest absolute Gasteiger partial charge is 0.255 e. The number of hydrogen-bond acceptors (Lipinski definition) is 2. The number of hydrogen-bond donors (Lipinski definition) is 2. The highest BCUT2D eigenvalue weighted by Crippen LogP contribution is 2.30. The Morgan fingerprint density at radius 1 is 1.08 bits per heavy atom. The molecular weight excluding hydrogens is 318 g/mol. The highest BCUT2D eigenvalue weighted by atomic mass is 32.1. The van der Waals surface area contributed by atoms with Gasteiger partial charge in [-0.2, -0.15) is 0 Å². The molecule has 0 saturated heterocycles. The molecule has 4 nitrogen and oxygen atoms in total. The van der Waals surface area contributed by atoms with E-state index in [4.69, 9.17) is 12.2 Å². The van der Waals surface area contributed by atoms with Crippen molar-refractivity contribution in [1.29, 1.82) is 0 Å². The third-order valence-corrected chi connectivity index (χ3v) is 4.55. The molecule has 0 radical (unpaired) electrons. The van der Waals surface area contributed by atoms with Crippen molar-refractivity contribution in [3.8, 4) is 0 Å². The molecule has 2 N–H and O–H groups in total. The Kier molecular flexibility index (Phi) is 4.62. The summed E-state index contributed by atoms with van der Waals surface area (Å²) in [6.07, 6.45) is 0. The molecule has 1 aliphatic rings. The molecule has 3 rings (SSSR count). The summed E-state index contributed by atoms with van der Waals surface area (Å²) >= 11 is 5.40. The summed E-state index contributed by atoms with van der Waals surface area (Å²) in [7, 11) is 1.86. The zero-order valence-corrected chi connectivity index (χ0v) is 14.4. The van der Waals surface area contributed by atoms with Gasteiger partial charge in [-0.25, -0.2) is 0 Å². The third-order valence-electron chi connectivity index (χ3n) is 4.16. The quantitative estimate of drug-likeness (QED) is 0.842. The molecule has 122 valence electrons. The first-order valence-corrected chi connectivity index (χ1v) is 8.15. The summed E-state index contributed by atoms with van der Waals surface area (Å²) in [6, 6.07) is 19.0. The topological polar surface area (TPSA) is 44.4 Å². The van der Waals surface area contributed by atoms with E-state index in [1.54, 1.807) is 0 Å². The average molecular weight is 337 g/mol. The lowest BCUT2D eigenvalue weighted by molar-refractivity contribution is -0.113. The van der Waals surface area contributed by atoms with Crippen molar-refractivity contribution in [1.82, 2.24) is 10.2 Å². The number of anilines is 1. The largest absolute Gasteiger partial charge is 0.351 e. The van der Waals surface area contributed by atoms with Gasteiger partial charge in [-0.3, -0.25) is 4.79 Å². The van der Waals surface area contributed by atoms with E-state index in [1.807, 2.05) is 79.5 Å². The number of amides is 1. The molecule has 0 unspecified atom stereocenters. The summed E-state index contributed by atoms with van der Waals surface area (Å²) in [5.41, 5.74) is 3.29. The second-order valence-electron chi connectivity index (χ2n) is 5.67. The molecule has 0 aromatic heterocycles. The Bertz CT molecular complexity index is 787.